The molecule has 3 rings (SSSR count). The number of hydrogen-bond acceptors (Lipinski definition) is 3. The minimum absolute atomic E-state index is 0.840. The lowest BCUT2D eigenvalue weighted by atomic mass is 9.99. The number of nitrogens with zero attached hydrogens (tertiary/aromatic N) is 2. The zero-order valence-corrected chi connectivity index (χ0v) is 10.6. The van der Waals surface area contributed by atoms with Gasteiger partial charge >= 0.3 is 0 Å². The van der Waals surface area contributed by atoms with Crippen molar-refractivity contribution in [3.8, 4) is 0 Å². The highest BCUT2D eigenvalue weighted by Crippen LogP contribution is 2.24. The van der Waals surface area contributed by atoms with E-state index in [1.807, 2.05) is 12.3 Å². The molecule has 0 aliphatic carbocycles. The van der Waals surface area contributed by atoms with Crippen LogP contribution in [0.5, 0.6) is 0 Å². The second-order valence-corrected chi connectivity index (χ2v) is 4.89. The maximum atomic E-state index is 5.85. The Kier molecular flexibility index (Phi) is 2.67. The van der Waals surface area contributed by atoms with E-state index in [4.69, 9.17) is 5.73 Å². The van der Waals surface area contributed by atoms with Crippen LogP contribution < -0.4 is 10.6 Å². The molecule has 0 saturated heterocycles. The Morgan fingerprint density at radius 3 is 2.83 bits per heavy atom. The molecule has 2 N–H and O–H groups in total. The molecule has 0 radical (unpaired) electrons. The summed E-state index contributed by atoms with van der Waals surface area (Å²) in [6, 6.07) is 10.4. The van der Waals surface area contributed by atoms with Crippen molar-refractivity contribution in [3.63, 3.8) is 0 Å². The Balaban J connectivity index is 1.88. The Bertz CT molecular complexity index is 560. The fourth-order valence-electron chi connectivity index (χ4n) is 2.42. The zero-order chi connectivity index (χ0) is 12.5. The van der Waals surface area contributed by atoms with Crippen molar-refractivity contribution in [2.24, 2.45) is 0 Å². The third-order valence-corrected chi connectivity index (χ3v) is 3.46. The number of benzene rings is 1. The summed E-state index contributed by atoms with van der Waals surface area (Å²) in [5.74, 6) is 1.05. The van der Waals surface area contributed by atoms with Crippen LogP contribution in [-0.4, -0.2) is 11.5 Å². The third-order valence-electron chi connectivity index (χ3n) is 3.46. The first-order valence-corrected chi connectivity index (χ1v) is 6.27. The highest BCUT2D eigenvalue weighted by molar-refractivity contribution is 5.50. The lowest BCUT2D eigenvalue weighted by Crippen LogP contribution is -2.31. The predicted molar refractivity (Wildman–Crippen MR) is 74.6 cm³/mol. The molecule has 3 heteroatoms. The Hall–Kier alpha value is -2.03. The second kappa shape index (κ2) is 4.33. The van der Waals surface area contributed by atoms with E-state index in [2.05, 4.69) is 41.1 Å². The van der Waals surface area contributed by atoms with Gasteiger partial charge in [-0.3, -0.25) is 0 Å². The van der Waals surface area contributed by atoms with E-state index in [1.54, 1.807) is 0 Å². The smallest absolute Gasteiger partial charge is 0.128 e. The molecule has 3 nitrogen and oxygen atoms in total. The van der Waals surface area contributed by atoms with Gasteiger partial charge in [0.25, 0.3) is 0 Å². The van der Waals surface area contributed by atoms with Gasteiger partial charge in [-0.2, -0.15) is 0 Å². The molecular weight excluding hydrogens is 222 g/mol. The third kappa shape index (κ3) is 2.04. The first-order chi connectivity index (χ1) is 8.72. The Labute approximate surface area is 107 Å². The van der Waals surface area contributed by atoms with Crippen LogP contribution in [0.2, 0.25) is 0 Å². The molecule has 92 valence electrons. The molecule has 1 aromatic heterocycles. The van der Waals surface area contributed by atoms with Gasteiger partial charge in [0, 0.05) is 25.0 Å². The SMILES string of the molecule is Cc1ccc(N2CCc3ccc(N)cc3C2)nc1. The minimum Gasteiger partial charge on any atom is -0.399 e. The lowest BCUT2D eigenvalue weighted by molar-refractivity contribution is 0.721. The van der Waals surface area contributed by atoms with E-state index in [1.165, 1.54) is 16.7 Å². The van der Waals surface area contributed by atoms with Crippen LogP contribution in [0.4, 0.5) is 11.5 Å². The molecule has 18 heavy (non-hydrogen) atoms. The molecule has 0 spiro atoms. The summed E-state index contributed by atoms with van der Waals surface area (Å²) in [6.07, 6.45) is 2.98. The van der Waals surface area contributed by atoms with Crippen molar-refractivity contribution in [1.82, 2.24) is 4.98 Å². The van der Waals surface area contributed by atoms with E-state index in [-0.39, 0.29) is 0 Å². The van der Waals surface area contributed by atoms with Crippen molar-refractivity contribution < 1.29 is 0 Å². The fraction of sp³-hybridized carbons (Fsp3) is 0.267. The Morgan fingerprint density at radius 1 is 1.17 bits per heavy atom. The molecule has 0 bridgehead atoms. The van der Waals surface area contributed by atoms with Gasteiger partial charge < -0.3 is 10.6 Å². The van der Waals surface area contributed by atoms with Gasteiger partial charge in [-0.05, 0) is 48.2 Å². The number of rotatable bonds is 1. The quantitative estimate of drug-likeness (QED) is 0.778. The molecule has 2 aromatic rings. The fourth-order valence-corrected chi connectivity index (χ4v) is 2.42. The van der Waals surface area contributed by atoms with Crippen LogP contribution in [0.3, 0.4) is 0 Å². The van der Waals surface area contributed by atoms with Crippen LogP contribution in [-0.2, 0) is 13.0 Å². The van der Waals surface area contributed by atoms with Gasteiger partial charge in [0.15, 0.2) is 0 Å². The van der Waals surface area contributed by atoms with Crippen molar-refractivity contribution in [2.45, 2.75) is 19.9 Å². The number of anilines is 2. The standard InChI is InChI=1S/C15H17N3/c1-11-2-5-15(17-9-11)18-7-6-12-3-4-14(16)8-13(12)10-18/h2-5,8-9H,6-7,10,16H2,1H3. The van der Waals surface area contributed by atoms with E-state index in [0.717, 1.165) is 31.0 Å². The summed E-state index contributed by atoms with van der Waals surface area (Å²) >= 11 is 0. The van der Waals surface area contributed by atoms with E-state index >= 15 is 0 Å². The normalized spacial score (nSPS) is 14.4. The van der Waals surface area contributed by atoms with Crippen molar-refractivity contribution >= 4 is 11.5 Å². The van der Waals surface area contributed by atoms with Crippen LogP contribution in [0.25, 0.3) is 0 Å². The molecule has 1 aromatic carbocycles. The first-order valence-electron chi connectivity index (χ1n) is 6.27. The van der Waals surface area contributed by atoms with E-state index in [0.29, 0.717) is 0 Å². The molecular formula is C15H17N3. The molecule has 0 fully saturated rings. The lowest BCUT2D eigenvalue weighted by Gasteiger charge is -2.30. The maximum Gasteiger partial charge on any atom is 0.128 e. The van der Waals surface area contributed by atoms with Crippen LogP contribution in [0, 0.1) is 6.92 Å². The number of fused-ring (bicyclic) bond motifs is 1. The Morgan fingerprint density at radius 2 is 2.06 bits per heavy atom. The number of aromatic nitrogens is 1. The van der Waals surface area contributed by atoms with E-state index < -0.39 is 0 Å². The average molecular weight is 239 g/mol. The van der Waals surface area contributed by atoms with Crippen molar-refractivity contribution in [1.29, 1.82) is 0 Å². The monoisotopic (exact) mass is 239 g/mol. The zero-order valence-electron chi connectivity index (χ0n) is 10.6. The molecule has 1 aliphatic heterocycles. The van der Waals surface area contributed by atoms with Gasteiger partial charge in [0.05, 0.1) is 0 Å². The summed E-state index contributed by atoms with van der Waals surface area (Å²) in [5, 5.41) is 0. The molecule has 0 amide bonds. The topological polar surface area (TPSA) is 42.1 Å². The highest BCUT2D eigenvalue weighted by Gasteiger charge is 2.17. The van der Waals surface area contributed by atoms with Crippen molar-refractivity contribution in [3.05, 3.63) is 53.2 Å². The number of hydrogen-bond donors (Lipinski definition) is 1. The van der Waals surface area contributed by atoms with Gasteiger partial charge in [-0.15, -0.1) is 0 Å². The maximum absolute atomic E-state index is 5.85. The van der Waals surface area contributed by atoms with Gasteiger partial charge in [0.1, 0.15) is 5.82 Å². The van der Waals surface area contributed by atoms with Gasteiger partial charge in [0.2, 0.25) is 0 Å². The van der Waals surface area contributed by atoms with Gasteiger partial charge in [-0.1, -0.05) is 12.1 Å². The number of nitrogen functional groups attached to an aromatic ring is 1. The summed E-state index contributed by atoms with van der Waals surface area (Å²) in [4.78, 5) is 6.80. The van der Waals surface area contributed by atoms with Crippen LogP contribution in [0.15, 0.2) is 36.5 Å². The predicted octanol–water partition coefficient (Wildman–Crippen LogP) is 2.53. The number of nitrogens with two attached hydrogens (primary N) is 1. The van der Waals surface area contributed by atoms with E-state index in [9.17, 15) is 0 Å². The highest BCUT2D eigenvalue weighted by atomic mass is 15.2. The van der Waals surface area contributed by atoms with Gasteiger partial charge in [-0.25, -0.2) is 4.98 Å². The molecule has 2 heterocycles. The second-order valence-electron chi connectivity index (χ2n) is 4.89. The van der Waals surface area contributed by atoms with Crippen LogP contribution in [0.1, 0.15) is 16.7 Å². The summed E-state index contributed by atoms with van der Waals surface area (Å²) in [6.45, 7) is 3.98. The summed E-state index contributed by atoms with van der Waals surface area (Å²) < 4.78 is 0. The molecule has 0 saturated carbocycles. The molecule has 1 aliphatic rings. The summed E-state index contributed by atoms with van der Waals surface area (Å²) in [7, 11) is 0. The average Bonchev–Trinajstić information content (AvgIpc) is 2.38. The number of aryl methyl sites for hydroxylation is 1. The molecule has 0 atom stereocenters. The number of pyridine rings is 1. The first kappa shape index (κ1) is 11.1. The van der Waals surface area contributed by atoms with Crippen LogP contribution >= 0.6 is 0 Å². The summed E-state index contributed by atoms with van der Waals surface area (Å²) in [5.41, 5.74) is 10.6. The largest absolute Gasteiger partial charge is 0.399 e. The minimum atomic E-state index is 0.840. The molecule has 0 unspecified atom stereocenters. The van der Waals surface area contributed by atoms with Crippen molar-refractivity contribution in [2.75, 3.05) is 17.2 Å².